The van der Waals surface area contributed by atoms with Gasteiger partial charge in [-0.25, -0.2) is 13.8 Å². The van der Waals surface area contributed by atoms with Crippen molar-refractivity contribution in [1.29, 1.82) is 0 Å². The molecule has 3 N–H and O–H groups in total. The number of nitrogens with one attached hydrogen (secondary N) is 1. The molecule has 1 aromatic heterocycles. The molecular weight excluding hydrogens is 394 g/mol. The Labute approximate surface area is 172 Å². The molecule has 160 valence electrons. The molecule has 1 fully saturated rings. The molecule has 0 saturated carbocycles. The van der Waals surface area contributed by atoms with E-state index in [-0.39, 0.29) is 30.8 Å². The van der Waals surface area contributed by atoms with Crippen LogP contribution in [0.15, 0.2) is 24.3 Å². The van der Waals surface area contributed by atoms with E-state index in [9.17, 15) is 9.59 Å². The molecule has 2 aliphatic rings. The van der Waals surface area contributed by atoms with Gasteiger partial charge in [-0.1, -0.05) is 18.2 Å². The Morgan fingerprint density at radius 2 is 2.10 bits per heavy atom. The van der Waals surface area contributed by atoms with E-state index in [0.717, 1.165) is 0 Å². The number of ether oxygens (including phenoxy) is 1. The molecule has 0 unspecified atom stereocenters. The third kappa shape index (κ3) is 3.17. The highest BCUT2D eigenvalue weighted by atomic mass is 19.3. The molecule has 1 spiro atoms. The molecule has 0 radical (unpaired) electrons. The lowest BCUT2D eigenvalue weighted by Gasteiger charge is -2.40. The fourth-order valence-corrected chi connectivity index (χ4v) is 4.61. The summed E-state index contributed by atoms with van der Waals surface area (Å²) in [6.07, 6.45) is -0.670. The molecule has 0 aliphatic carbocycles. The lowest BCUT2D eigenvalue weighted by atomic mass is 9.84. The van der Waals surface area contributed by atoms with Gasteiger partial charge in [0.25, 0.3) is 5.92 Å². The first-order valence-electron chi connectivity index (χ1n) is 9.95. The predicted molar refractivity (Wildman–Crippen MR) is 106 cm³/mol. The van der Waals surface area contributed by atoms with Crippen molar-refractivity contribution >= 4 is 22.7 Å². The molecule has 9 heteroatoms. The second-order valence-electron chi connectivity index (χ2n) is 7.93. The zero-order chi connectivity index (χ0) is 21.7. The van der Waals surface area contributed by atoms with Gasteiger partial charge in [0.2, 0.25) is 11.8 Å². The summed E-state index contributed by atoms with van der Waals surface area (Å²) in [6, 6.07) is 5.81. The van der Waals surface area contributed by atoms with Crippen LogP contribution in [0.3, 0.4) is 0 Å². The fraction of sp³-hybridized carbons (Fsp3) is 0.476. The second kappa shape index (κ2) is 7.16. The lowest BCUT2D eigenvalue weighted by molar-refractivity contribution is -0.138. The Kier molecular flexibility index (Phi) is 4.88. The molecule has 2 aliphatic heterocycles. The molecule has 0 bridgehead atoms. The number of amides is 2. The SMILES string of the molecule is CCNC(=O)[C@@H]1C[C@@]2(CN1C(=O)CN)CC(F)(F)c1c(c(C)nc3ccccc13)O2. The molecule has 2 atom stereocenters. The van der Waals surface area contributed by atoms with Gasteiger partial charge in [-0.15, -0.1) is 0 Å². The van der Waals surface area contributed by atoms with Gasteiger partial charge in [0.05, 0.1) is 36.3 Å². The minimum Gasteiger partial charge on any atom is -0.483 e. The number of alkyl halides is 2. The van der Waals surface area contributed by atoms with E-state index in [2.05, 4.69) is 10.3 Å². The molecular formula is C21H24F2N4O3. The van der Waals surface area contributed by atoms with E-state index in [1.807, 2.05) is 0 Å². The van der Waals surface area contributed by atoms with Gasteiger partial charge in [0.15, 0.2) is 5.75 Å². The number of halogens is 2. The van der Waals surface area contributed by atoms with Crippen LogP contribution in [0.5, 0.6) is 5.75 Å². The van der Waals surface area contributed by atoms with Crippen LogP contribution in [0.2, 0.25) is 0 Å². The number of fused-ring (bicyclic) bond motifs is 3. The van der Waals surface area contributed by atoms with E-state index >= 15 is 8.78 Å². The monoisotopic (exact) mass is 418 g/mol. The minimum atomic E-state index is -3.21. The van der Waals surface area contributed by atoms with Crippen LogP contribution in [-0.4, -0.2) is 53.0 Å². The number of rotatable bonds is 3. The summed E-state index contributed by atoms with van der Waals surface area (Å²) >= 11 is 0. The third-order valence-corrected chi connectivity index (χ3v) is 5.79. The van der Waals surface area contributed by atoms with Gasteiger partial charge in [-0.2, -0.15) is 0 Å². The number of likely N-dealkylation sites (tertiary alicyclic amines) is 1. The van der Waals surface area contributed by atoms with Crippen molar-refractivity contribution in [2.24, 2.45) is 5.73 Å². The third-order valence-electron chi connectivity index (χ3n) is 5.79. The number of carbonyl (C=O) groups is 2. The van der Waals surface area contributed by atoms with Crippen molar-refractivity contribution < 1.29 is 23.1 Å². The number of likely N-dealkylation sites (N-methyl/N-ethyl adjacent to an activating group) is 1. The second-order valence-corrected chi connectivity index (χ2v) is 7.93. The normalized spacial score (nSPS) is 24.6. The maximum atomic E-state index is 15.6. The number of nitrogens with two attached hydrogens (primary N) is 1. The molecule has 7 nitrogen and oxygen atoms in total. The van der Waals surface area contributed by atoms with Gasteiger partial charge in [-0.05, 0) is 19.9 Å². The minimum absolute atomic E-state index is 0.0293. The zero-order valence-corrected chi connectivity index (χ0v) is 16.9. The molecule has 3 heterocycles. The van der Waals surface area contributed by atoms with Crippen LogP contribution in [0.1, 0.15) is 31.0 Å². The first-order valence-corrected chi connectivity index (χ1v) is 9.95. The number of para-hydroxylation sites is 1. The summed E-state index contributed by atoms with van der Waals surface area (Å²) in [6.45, 7) is 3.29. The van der Waals surface area contributed by atoms with Crippen molar-refractivity contribution in [3.05, 3.63) is 35.5 Å². The summed E-state index contributed by atoms with van der Waals surface area (Å²) in [4.78, 5) is 30.6. The number of aromatic nitrogens is 1. The van der Waals surface area contributed by atoms with E-state index < -0.39 is 35.8 Å². The molecule has 1 saturated heterocycles. The number of hydrogen-bond donors (Lipinski definition) is 2. The van der Waals surface area contributed by atoms with Crippen molar-refractivity contribution in [1.82, 2.24) is 15.2 Å². The van der Waals surface area contributed by atoms with Crippen molar-refractivity contribution in [3.8, 4) is 5.75 Å². The van der Waals surface area contributed by atoms with Crippen LogP contribution in [0, 0.1) is 6.92 Å². The van der Waals surface area contributed by atoms with Crippen LogP contribution < -0.4 is 15.8 Å². The maximum Gasteiger partial charge on any atom is 0.281 e. The van der Waals surface area contributed by atoms with E-state index in [1.165, 1.54) is 4.90 Å². The van der Waals surface area contributed by atoms with Crippen LogP contribution in [-0.2, 0) is 15.5 Å². The van der Waals surface area contributed by atoms with Crippen LogP contribution in [0.4, 0.5) is 8.78 Å². The predicted octanol–water partition coefficient (Wildman–Crippen LogP) is 1.85. The summed E-state index contributed by atoms with van der Waals surface area (Å²) in [5.41, 5.74) is 4.74. The molecule has 30 heavy (non-hydrogen) atoms. The van der Waals surface area contributed by atoms with E-state index in [1.54, 1.807) is 38.1 Å². The Morgan fingerprint density at radius 1 is 1.37 bits per heavy atom. The van der Waals surface area contributed by atoms with Crippen molar-refractivity contribution in [2.75, 3.05) is 19.6 Å². The topological polar surface area (TPSA) is 97.6 Å². The Morgan fingerprint density at radius 3 is 2.80 bits per heavy atom. The van der Waals surface area contributed by atoms with Crippen molar-refractivity contribution in [3.63, 3.8) is 0 Å². The largest absolute Gasteiger partial charge is 0.483 e. The van der Waals surface area contributed by atoms with Crippen molar-refractivity contribution in [2.45, 2.75) is 44.3 Å². The van der Waals surface area contributed by atoms with Crippen LogP contribution >= 0.6 is 0 Å². The van der Waals surface area contributed by atoms with Gasteiger partial charge in [-0.3, -0.25) is 9.59 Å². The molecule has 2 amide bonds. The highest BCUT2D eigenvalue weighted by Gasteiger charge is 2.59. The Hall–Kier alpha value is -2.81. The number of nitrogens with zero attached hydrogens (tertiary/aromatic N) is 2. The summed E-state index contributed by atoms with van der Waals surface area (Å²) in [7, 11) is 0. The van der Waals surface area contributed by atoms with Gasteiger partial charge >= 0.3 is 0 Å². The van der Waals surface area contributed by atoms with E-state index in [0.29, 0.717) is 23.1 Å². The average Bonchev–Trinajstić information content (AvgIpc) is 3.05. The summed E-state index contributed by atoms with van der Waals surface area (Å²) in [5.74, 6) is -4.06. The molecule has 2 aromatic rings. The quantitative estimate of drug-likeness (QED) is 0.793. The lowest BCUT2D eigenvalue weighted by Crippen LogP contribution is -2.49. The standard InChI is InChI=1S/C21H24F2N4O3/c1-3-25-19(29)15-8-20(11-27(15)16(28)9-24)10-21(22,23)17-13-6-4-5-7-14(13)26-12(2)18(17)30-20/h4-7,15H,3,8-11,24H2,1-2H3,(H,25,29)/t15-,20-/m0/s1. The first kappa shape index (κ1) is 20.5. The van der Waals surface area contributed by atoms with Gasteiger partial charge in [0, 0.05) is 18.4 Å². The maximum absolute atomic E-state index is 15.6. The van der Waals surface area contributed by atoms with Gasteiger partial charge < -0.3 is 20.7 Å². The summed E-state index contributed by atoms with van der Waals surface area (Å²) in [5, 5.41) is 3.00. The Bertz CT molecular complexity index is 1030. The number of hydrogen-bond acceptors (Lipinski definition) is 5. The van der Waals surface area contributed by atoms with Crippen LogP contribution in [0.25, 0.3) is 10.9 Å². The number of benzene rings is 1. The number of carbonyl (C=O) groups excluding carboxylic acids is 2. The van der Waals surface area contributed by atoms with Gasteiger partial charge in [0.1, 0.15) is 11.6 Å². The average molecular weight is 418 g/mol. The summed E-state index contributed by atoms with van der Waals surface area (Å²) < 4.78 is 37.3. The molecule has 1 aromatic carbocycles. The first-order chi connectivity index (χ1) is 14.2. The zero-order valence-electron chi connectivity index (χ0n) is 16.9. The molecule has 4 rings (SSSR count). The Balaban J connectivity index is 1.80. The van der Waals surface area contributed by atoms with E-state index in [4.69, 9.17) is 10.5 Å². The fourth-order valence-electron chi connectivity index (χ4n) is 4.61. The highest BCUT2D eigenvalue weighted by Crippen LogP contribution is 2.53. The highest BCUT2D eigenvalue weighted by molar-refractivity contribution is 5.90. The number of aryl methyl sites for hydroxylation is 1. The smallest absolute Gasteiger partial charge is 0.281 e. The number of pyridine rings is 1.